The molecule has 0 atom stereocenters. The highest BCUT2D eigenvalue weighted by Crippen LogP contribution is 2.04. The summed E-state index contributed by atoms with van der Waals surface area (Å²) < 4.78 is 0. The molecule has 4 heteroatoms. The van der Waals surface area contributed by atoms with E-state index in [-0.39, 0.29) is 17.3 Å². The van der Waals surface area contributed by atoms with E-state index in [0.717, 1.165) is 0 Å². The van der Waals surface area contributed by atoms with Crippen LogP contribution in [-0.4, -0.2) is 17.6 Å². The molecule has 0 aromatic rings. The van der Waals surface area contributed by atoms with E-state index in [4.69, 9.17) is 5.73 Å². The van der Waals surface area contributed by atoms with Crippen molar-refractivity contribution < 1.29 is 4.79 Å². The first-order valence-corrected chi connectivity index (χ1v) is 3.30. The number of nitrogens with zero attached hydrogens (tertiary/aromatic N) is 2. The molecule has 2 N–H and O–H groups in total. The highest BCUT2D eigenvalue weighted by atomic mass is 16.1. The minimum absolute atomic E-state index is 0.182. The van der Waals surface area contributed by atoms with Crippen molar-refractivity contribution in [1.82, 2.24) is 0 Å². The quantitative estimate of drug-likeness (QED) is 0.546. The van der Waals surface area contributed by atoms with Crippen LogP contribution in [0.3, 0.4) is 0 Å². The van der Waals surface area contributed by atoms with Gasteiger partial charge in [-0.25, -0.2) is 4.99 Å². The molecule has 1 aliphatic rings. The fourth-order valence-corrected chi connectivity index (χ4v) is 0.684. The van der Waals surface area contributed by atoms with E-state index in [1.807, 2.05) is 6.92 Å². The van der Waals surface area contributed by atoms with Gasteiger partial charge in [-0.1, -0.05) is 13.5 Å². The van der Waals surface area contributed by atoms with Crippen LogP contribution in [0.15, 0.2) is 22.1 Å². The van der Waals surface area contributed by atoms with Crippen LogP contribution in [0.1, 0.15) is 13.3 Å². The van der Waals surface area contributed by atoms with Gasteiger partial charge in [0, 0.05) is 6.42 Å². The van der Waals surface area contributed by atoms with Crippen molar-refractivity contribution in [3.63, 3.8) is 0 Å². The standard InChI is InChI=1S/C7H9N3O/c1-3-5-9-6(8)4(2)7(11)10-5/h2-3H2,1H3,(H2,8,9,10,11). The van der Waals surface area contributed by atoms with Crippen LogP contribution >= 0.6 is 0 Å². The minimum Gasteiger partial charge on any atom is -0.383 e. The smallest absolute Gasteiger partial charge is 0.281 e. The van der Waals surface area contributed by atoms with Crippen LogP contribution in [-0.2, 0) is 4.79 Å². The van der Waals surface area contributed by atoms with Gasteiger partial charge in [-0.2, -0.15) is 4.99 Å². The first-order valence-electron chi connectivity index (χ1n) is 3.30. The molecule has 0 saturated carbocycles. The number of aliphatic imine (C=N–C) groups is 2. The fraction of sp³-hybridized carbons (Fsp3) is 0.286. The molecule has 1 amide bonds. The van der Waals surface area contributed by atoms with Crippen molar-refractivity contribution in [1.29, 1.82) is 0 Å². The van der Waals surface area contributed by atoms with Crippen LogP contribution in [0.2, 0.25) is 0 Å². The summed E-state index contributed by atoms with van der Waals surface area (Å²) in [5, 5.41) is 0. The second kappa shape index (κ2) is 2.65. The van der Waals surface area contributed by atoms with E-state index in [0.29, 0.717) is 12.3 Å². The van der Waals surface area contributed by atoms with Gasteiger partial charge in [0.25, 0.3) is 5.91 Å². The molecular weight excluding hydrogens is 142 g/mol. The molecule has 0 unspecified atom stereocenters. The largest absolute Gasteiger partial charge is 0.383 e. The molecule has 0 aromatic carbocycles. The number of nitrogens with two attached hydrogens (primary N) is 1. The molecule has 58 valence electrons. The number of carbonyl (C=O) groups is 1. The minimum atomic E-state index is -0.380. The van der Waals surface area contributed by atoms with Gasteiger partial charge < -0.3 is 5.73 Å². The second-order valence-corrected chi connectivity index (χ2v) is 2.16. The number of hydrogen-bond acceptors (Lipinski definition) is 3. The Balaban J connectivity index is 3.00. The normalized spacial score (nSPS) is 17.9. The zero-order chi connectivity index (χ0) is 8.43. The molecule has 0 aromatic heterocycles. The maximum atomic E-state index is 10.9. The van der Waals surface area contributed by atoms with Crippen LogP contribution < -0.4 is 5.73 Å². The van der Waals surface area contributed by atoms with Gasteiger partial charge in [-0.05, 0) is 0 Å². The highest BCUT2D eigenvalue weighted by Gasteiger charge is 2.15. The molecular formula is C7H9N3O. The van der Waals surface area contributed by atoms with Gasteiger partial charge in [-0.15, -0.1) is 0 Å². The number of carbonyl (C=O) groups excluding carboxylic acids is 1. The lowest BCUT2D eigenvalue weighted by molar-refractivity contribution is -0.113. The lowest BCUT2D eigenvalue weighted by Gasteiger charge is -2.07. The van der Waals surface area contributed by atoms with Gasteiger partial charge in [0.1, 0.15) is 11.7 Å². The summed E-state index contributed by atoms with van der Waals surface area (Å²) in [6.45, 7) is 5.29. The molecule has 11 heavy (non-hydrogen) atoms. The van der Waals surface area contributed by atoms with E-state index in [9.17, 15) is 4.79 Å². The Kier molecular flexibility index (Phi) is 1.85. The van der Waals surface area contributed by atoms with Gasteiger partial charge in [0.2, 0.25) is 0 Å². The van der Waals surface area contributed by atoms with Gasteiger partial charge in [-0.3, -0.25) is 4.79 Å². The molecule has 0 spiro atoms. The first kappa shape index (κ1) is 7.65. The molecule has 0 saturated heterocycles. The zero-order valence-corrected chi connectivity index (χ0v) is 6.29. The number of hydrogen-bond donors (Lipinski definition) is 1. The van der Waals surface area contributed by atoms with Crippen molar-refractivity contribution >= 4 is 17.6 Å². The average molecular weight is 151 g/mol. The number of rotatable bonds is 1. The summed E-state index contributed by atoms with van der Waals surface area (Å²) in [6.07, 6.45) is 0.611. The molecule has 0 bridgehead atoms. The van der Waals surface area contributed by atoms with Crippen molar-refractivity contribution in [3.05, 3.63) is 12.2 Å². The van der Waals surface area contributed by atoms with Crippen LogP contribution in [0, 0.1) is 0 Å². The van der Waals surface area contributed by atoms with Crippen molar-refractivity contribution in [2.75, 3.05) is 0 Å². The van der Waals surface area contributed by atoms with Crippen LogP contribution in [0.5, 0.6) is 0 Å². The lowest BCUT2D eigenvalue weighted by atomic mass is 10.2. The summed E-state index contributed by atoms with van der Waals surface area (Å²) in [4.78, 5) is 18.4. The Bertz CT molecular complexity index is 275. The zero-order valence-electron chi connectivity index (χ0n) is 6.29. The van der Waals surface area contributed by atoms with E-state index in [1.54, 1.807) is 0 Å². The van der Waals surface area contributed by atoms with E-state index < -0.39 is 0 Å². The summed E-state index contributed by atoms with van der Waals surface area (Å²) in [7, 11) is 0. The van der Waals surface area contributed by atoms with E-state index in [1.165, 1.54) is 0 Å². The first-order chi connectivity index (χ1) is 5.15. The Morgan fingerprint density at radius 3 is 2.64 bits per heavy atom. The molecule has 1 aliphatic heterocycles. The van der Waals surface area contributed by atoms with Gasteiger partial charge in [0.15, 0.2) is 0 Å². The van der Waals surface area contributed by atoms with E-state index >= 15 is 0 Å². The SMILES string of the molecule is C=C1C(=O)N=C(CC)N=C1N. The topological polar surface area (TPSA) is 67.8 Å². The highest BCUT2D eigenvalue weighted by molar-refractivity contribution is 6.27. The maximum Gasteiger partial charge on any atom is 0.281 e. The molecule has 0 radical (unpaired) electrons. The number of amides is 1. The lowest BCUT2D eigenvalue weighted by Crippen LogP contribution is -2.25. The predicted octanol–water partition coefficient (Wildman–Crippen LogP) is 0.249. The molecule has 1 heterocycles. The molecule has 1 rings (SSSR count). The maximum absolute atomic E-state index is 10.9. The summed E-state index contributed by atoms with van der Waals surface area (Å²) in [5.41, 5.74) is 5.57. The van der Waals surface area contributed by atoms with Crippen LogP contribution in [0.25, 0.3) is 0 Å². The Morgan fingerprint density at radius 2 is 2.18 bits per heavy atom. The Morgan fingerprint density at radius 1 is 1.55 bits per heavy atom. The third-order valence-electron chi connectivity index (χ3n) is 1.36. The monoisotopic (exact) mass is 151 g/mol. The average Bonchev–Trinajstić information content (AvgIpc) is 1.99. The van der Waals surface area contributed by atoms with Gasteiger partial charge >= 0.3 is 0 Å². The predicted molar refractivity (Wildman–Crippen MR) is 43.5 cm³/mol. The van der Waals surface area contributed by atoms with Crippen molar-refractivity contribution in [2.24, 2.45) is 15.7 Å². The van der Waals surface area contributed by atoms with Gasteiger partial charge in [0.05, 0.1) is 5.57 Å². The number of amidine groups is 2. The summed E-state index contributed by atoms with van der Waals surface area (Å²) in [6, 6.07) is 0. The molecule has 4 nitrogen and oxygen atoms in total. The molecule has 0 fully saturated rings. The van der Waals surface area contributed by atoms with Crippen molar-refractivity contribution in [2.45, 2.75) is 13.3 Å². The summed E-state index contributed by atoms with van der Waals surface area (Å²) >= 11 is 0. The second-order valence-electron chi connectivity index (χ2n) is 2.16. The molecule has 0 aliphatic carbocycles. The fourth-order valence-electron chi connectivity index (χ4n) is 0.684. The Labute approximate surface area is 64.5 Å². The van der Waals surface area contributed by atoms with Crippen molar-refractivity contribution in [3.8, 4) is 0 Å². The Hall–Kier alpha value is -1.45. The third-order valence-corrected chi connectivity index (χ3v) is 1.36. The van der Waals surface area contributed by atoms with Crippen LogP contribution in [0.4, 0.5) is 0 Å². The summed E-state index contributed by atoms with van der Waals surface area (Å²) in [5.74, 6) is 0.274. The van der Waals surface area contributed by atoms with E-state index in [2.05, 4.69) is 16.6 Å². The third kappa shape index (κ3) is 1.34.